The number of amides is 1. The number of nitrogens with one attached hydrogen (secondary N) is 2. The Kier molecular flexibility index (Phi) is 7.31. The molecule has 4 rings (SSSR count). The lowest BCUT2D eigenvalue weighted by Gasteiger charge is -2.10. The number of carbonyl (C=O) groups excluding carboxylic acids is 1. The molecule has 0 aliphatic carbocycles. The van der Waals surface area contributed by atoms with E-state index in [-0.39, 0.29) is 29.8 Å². The zero-order valence-corrected chi connectivity index (χ0v) is 20.6. The van der Waals surface area contributed by atoms with Gasteiger partial charge in [0.05, 0.1) is 24.7 Å². The lowest BCUT2D eigenvalue weighted by atomic mass is 10.2. The summed E-state index contributed by atoms with van der Waals surface area (Å²) in [5, 5.41) is 15.4. The molecule has 0 aliphatic rings. The first-order valence-corrected chi connectivity index (χ1v) is 12.2. The number of sulfonamides is 1. The Labute approximate surface area is 207 Å². The molecule has 2 aromatic heterocycles. The maximum Gasteiger partial charge on any atom is 0.240 e. The number of anilines is 1. The van der Waals surface area contributed by atoms with Crippen LogP contribution in [-0.2, 0) is 14.8 Å². The average molecular weight is 513 g/mol. The molecular weight excluding hydrogens is 488 g/mol. The lowest BCUT2D eigenvalue weighted by Crippen LogP contribution is -2.28. The first kappa shape index (κ1) is 24.9. The molecule has 2 heterocycles. The third kappa shape index (κ3) is 5.53. The van der Waals surface area contributed by atoms with Crippen LogP contribution in [0.3, 0.4) is 0 Å². The van der Waals surface area contributed by atoms with Crippen molar-refractivity contribution >= 4 is 27.3 Å². The predicted molar refractivity (Wildman–Crippen MR) is 131 cm³/mol. The van der Waals surface area contributed by atoms with Crippen molar-refractivity contribution in [1.29, 1.82) is 0 Å². The summed E-state index contributed by atoms with van der Waals surface area (Å²) in [5.41, 5.74) is 1.63. The minimum atomic E-state index is -3.76. The molecule has 0 bridgehead atoms. The summed E-state index contributed by atoms with van der Waals surface area (Å²) in [6.07, 6.45) is 0. The van der Waals surface area contributed by atoms with E-state index in [9.17, 15) is 13.2 Å². The summed E-state index contributed by atoms with van der Waals surface area (Å²) in [6.45, 7) is 1.41. The summed E-state index contributed by atoms with van der Waals surface area (Å²) in [6, 6.07) is 14.4. The summed E-state index contributed by atoms with van der Waals surface area (Å²) in [7, 11) is -0.644. The Morgan fingerprint density at radius 1 is 1.00 bits per heavy atom. The average Bonchev–Trinajstić information content (AvgIpc) is 3.29. The van der Waals surface area contributed by atoms with E-state index < -0.39 is 10.0 Å². The van der Waals surface area contributed by atoms with E-state index in [0.29, 0.717) is 34.2 Å². The van der Waals surface area contributed by atoms with Crippen LogP contribution in [0.25, 0.3) is 17.0 Å². The molecule has 0 saturated heterocycles. The molecule has 188 valence electrons. The number of methoxy groups -OCH3 is 2. The molecule has 0 saturated carbocycles. The van der Waals surface area contributed by atoms with Crippen molar-refractivity contribution in [2.24, 2.45) is 0 Å². The van der Waals surface area contributed by atoms with Crippen LogP contribution in [0.15, 0.2) is 59.5 Å². The van der Waals surface area contributed by atoms with E-state index in [1.165, 1.54) is 35.7 Å². The minimum Gasteiger partial charge on any atom is -0.497 e. The predicted octanol–water partition coefficient (Wildman–Crippen LogP) is 2.12. The number of ether oxygens (including phenoxy) is 3. The van der Waals surface area contributed by atoms with Crippen LogP contribution in [0.2, 0.25) is 0 Å². The molecule has 0 unspecified atom stereocenters. The zero-order chi connectivity index (χ0) is 25.7. The van der Waals surface area contributed by atoms with Crippen LogP contribution >= 0.6 is 0 Å². The molecule has 2 aromatic carbocycles. The standard InChI is InChI=1S/C23H24N6O6S/c1-15(30)25-16-4-7-18(8-5-16)36(31,32)24-12-13-35-22-11-10-21-26-27-23(29(21)28-22)19-14-17(33-2)6-9-20(19)34-3/h4-11,14,24H,12-13H2,1-3H3,(H,25,30). The van der Waals surface area contributed by atoms with Gasteiger partial charge in [0, 0.05) is 25.2 Å². The molecule has 13 heteroatoms. The summed E-state index contributed by atoms with van der Waals surface area (Å²) in [4.78, 5) is 11.2. The van der Waals surface area contributed by atoms with Crippen molar-refractivity contribution in [3.05, 3.63) is 54.6 Å². The summed E-state index contributed by atoms with van der Waals surface area (Å²) < 4.78 is 45.4. The number of benzene rings is 2. The Balaban J connectivity index is 1.43. The van der Waals surface area contributed by atoms with Gasteiger partial charge in [-0.1, -0.05) is 0 Å². The summed E-state index contributed by atoms with van der Waals surface area (Å²) >= 11 is 0. The maximum atomic E-state index is 12.5. The second kappa shape index (κ2) is 10.6. The Hall–Kier alpha value is -4.23. The molecule has 12 nitrogen and oxygen atoms in total. The number of hydrogen-bond donors (Lipinski definition) is 2. The first-order valence-electron chi connectivity index (χ1n) is 10.8. The van der Waals surface area contributed by atoms with E-state index in [1.807, 2.05) is 0 Å². The third-order valence-corrected chi connectivity index (χ3v) is 6.49. The van der Waals surface area contributed by atoms with Crippen LogP contribution < -0.4 is 24.2 Å². The third-order valence-electron chi connectivity index (χ3n) is 5.01. The van der Waals surface area contributed by atoms with Gasteiger partial charge in [-0.2, -0.15) is 4.52 Å². The highest BCUT2D eigenvalue weighted by molar-refractivity contribution is 7.89. The van der Waals surface area contributed by atoms with E-state index >= 15 is 0 Å². The molecule has 36 heavy (non-hydrogen) atoms. The molecule has 0 atom stereocenters. The molecule has 1 amide bonds. The SMILES string of the molecule is COc1ccc(OC)c(-c2nnc3ccc(OCCNS(=O)(=O)c4ccc(NC(C)=O)cc4)nn23)c1. The van der Waals surface area contributed by atoms with Gasteiger partial charge in [-0.15, -0.1) is 15.3 Å². The maximum absolute atomic E-state index is 12.5. The number of fused-ring (bicyclic) bond motifs is 1. The molecule has 0 radical (unpaired) electrons. The number of aromatic nitrogens is 4. The Morgan fingerprint density at radius 3 is 2.47 bits per heavy atom. The highest BCUT2D eigenvalue weighted by atomic mass is 32.2. The van der Waals surface area contributed by atoms with Crippen molar-refractivity contribution in [3.8, 4) is 28.8 Å². The quantitative estimate of drug-likeness (QED) is 0.305. The fourth-order valence-electron chi connectivity index (χ4n) is 3.34. The van der Waals surface area contributed by atoms with Gasteiger partial charge >= 0.3 is 0 Å². The number of carbonyl (C=O) groups is 1. The molecule has 0 aliphatic heterocycles. The van der Waals surface area contributed by atoms with Crippen molar-refractivity contribution in [2.45, 2.75) is 11.8 Å². The largest absolute Gasteiger partial charge is 0.497 e. The van der Waals surface area contributed by atoms with E-state index in [4.69, 9.17) is 14.2 Å². The fraction of sp³-hybridized carbons (Fsp3) is 0.217. The van der Waals surface area contributed by atoms with Crippen LogP contribution in [0.1, 0.15) is 6.92 Å². The Bertz CT molecular complexity index is 1490. The van der Waals surface area contributed by atoms with Gasteiger partial charge in [0.1, 0.15) is 18.1 Å². The van der Waals surface area contributed by atoms with Crippen molar-refractivity contribution in [3.63, 3.8) is 0 Å². The van der Waals surface area contributed by atoms with Gasteiger partial charge in [-0.25, -0.2) is 13.1 Å². The first-order chi connectivity index (χ1) is 17.3. The Morgan fingerprint density at radius 2 is 1.78 bits per heavy atom. The number of hydrogen-bond acceptors (Lipinski definition) is 9. The number of nitrogens with zero attached hydrogens (tertiary/aromatic N) is 4. The van der Waals surface area contributed by atoms with E-state index in [1.54, 1.807) is 44.6 Å². The normalized spacial score (nSPS) is 11.3. The van der Waals surface area contributed by atoms with Gasteiger partial charge in [0.15, 0.2) is 11.5 Å². The van der Waals surface area contributed by atoms with Crippen LogP contribution in [0.4, 0.5) is 5.69 Å². The van der Waals surface area contributed by atoms with Gasteiger partial charge in [0.2, 0.25) is 21.8 Å². The van der Waals surface area contributed by atoms with Crippen LogP contribution in [-0.4, -0.2) is 61.5 Å². The van der Waals surface area contributed by atoms with Gasteiger partial charge in [-0.05, 0) is 48.5 Å². The summed E-state index contributed by atoms with van der Waals surface area (Å²) in [5.74, 6) is 1.62. The molecule has 4 aromatic rings. The van der Waals surface area contributed by atoms with E-state index in [2.05, 4.69) is 25.3 Å². The lowest BCUT2D eigenvalue weighted by molar-refractivity contribution is -0.114. The van der Waals surface area contributed by atoms with Crippen molar-refractivity contribution < 1.29 is 27.4 Å². The topological polar surface area (TPSA) is 146 Å². The molecule has 0 spiro atoms. The number of rotatable bonds is 10. The highest BCUT2D eigenvalue weighted by Crippen LogP contribution is 2.32. The van der Waals surface area contributed by atoms with Crippen molar-refractivity contribution in [2.75, 3.05) is 32.7 Å². The second-order valence-electron chi connectivity index (χ2n) is 7.48. The highest BCUT2D eigenvalue weighted by Gasteiger charge is 2.17. The minimum absolute atomic E-state index is 0.00818. The van der Waals surface area contributed by atoms with Gasteiger partial charge < -0.3 is 19.5 Å². The zero-order valence-electron chi connectivity index (χ0n) is 19.8. The molecular formula is C23H24N6O6S. The molecule has 0 fully saturated rings. The fourth-order valence-corrected chi connectivity index (χ4v) is 4.35. The van der Waals surface area contributed by atoms with E-state index in [0.717, 1.165) is 0 Å². The van der Waals surface area contributed by atoms with Crippen molar-refractivity contribution in [1.82, 2.24) is 24.5 Å². The van der Waals surface area contributed by atoms with Crippen LogP contribution in [0.5, 0.6) is 17.4 Å². The van der Waals surface area contributed by atoms with Crippen LogP contribution in [0, 0.1) is 0 Å². The monoisotopic (exact) mass is 512 g/mol. The second-order valence-corrected chi connectivity index (χ2v) is 9.25. The molecule has 2 N–H and O–H groups in total. The van der Waals surface area contributed by atoms with Gasteiger partial charge in [-0.3, -0.25) is 4.79 Å². The smallest absolute Gasteiger partial charge is 0.240 e. The van der Waals surface area contributed by atoms with Gasteiger partial charge in [0.25, 0.3) is 0 Å².